The molecule has 2 aromatic carbocycles. The van der Waals surface area contributed by atoms with Gasteiger partial charge in [0.05, 0.1) is 11.6 Å². The summed E-state index contributed by atoms with van der Waals surface area (Å²) < 4.78 is 11.7. The number of nitrogens with one attached hydrogen (secondary N) is 2. The van der Waals surface area contributed by atoms with Crippen LogP contribution in [-0.2, 0) is 13.2 Å². The number of rotatable bonds is 11. The monoisotopic (exact) mass is 396 g/mol. The SMILES string of the molecule is CCOc1cc(CNCCCNC)cc(Cl)c1OCc1cccc(Cl)c1. The van der Waals surface area contributed by atoms with Crippen molar-refractivity contribution in [2.24, 2.45) is 0 Å². The van der Waals surface area contributed by atoms with E-state index in [1.165, 1.54) is 0 Å². The molecule has 0 radical (unpaired) electrons. The lowest BCUT2D eigenvalue weighted by Gasteiger charge is -2.16. The van der Waals surface area contributed by atoms with Crippen LogP contribution in [0.4, 0.5) is 0 Å². The summed E-state index contributed by atoms with van der Waals surface area (Å²) in [7, 11) is 1.95. The molecule has 2 rings (SSSR count). The highest BCUT2D eigenvalue weighted by Crippen LogP contribution is 2.37. The minimum Gasteiger partial charge on any atom is -0.490 e. The standard InChI is InChI=1S/C20H26Cl2N2O2/c1-3-25-19-12-16(13-24-9-5-8-23-2)11-18(22)20(19)26-14-15-6-4-7-17(21)10-15/h4,6-7,10-12,23-24H,3,5,8-9,13-14H2,1-2H3. The Morgan fingerprint density at radius 2 is 1.85 bits per heavy atom. The van der Waals surface area contributed by atoms with Crippen LogP contribution in [-0.4, -0.2) is 26.7 Å². The van der Waals surface area contributed by atoms with Crippen LogP contribution >= 0.6 is 23.2 Å². The lowest BCUT2D eigenvalue weighted by molar-refractivity contribution is 0.269. The molecule has 0 atom stereocenters. The average molecular weight is 397 g/mol. The van der Waals surface area contributed by atoms with Gasteiger partial charge in [0.25, 0.3) is 0 Å². The topological polar surface area (TPSA) is 42.5 Å². The smallest absolute Gasteiger partial charge is 0.180 e. The summed E-state index contributed by atoms with van der Waals surface area (Å²) in [6.45, 7) is 5.53. The summed E-state index contributed by atoms with van der Waals surface area (Å²) in [5.74, 6) is 1.22. The molecule has 6 heteroatoms. The Bertz CT molecular complexity index is 696. The normalized spacial score (nSPS) is 10.8. The summed E-state index contributed by atoms with van der Waals surface area (Å²) in [4.78, 5) is 0. The molecule has 0 fully saturated rings. The van der Waals surface area contributed by atoms with Crippen LogP contribution in [0.5, 0.6) is 11.5 Å². The summed E-state index contributed by atoms with van der Waals surface area (Å²) in [6.07, 6.45) is 1.07. The van der Waals surface area contributed by atoms with E-state index in [9.17, 15) is 0 Å². The van der Waals surface area contributed by atoms with Crippen LogP contribution in [0, 0.1) is 0 Å². The van der Waals surface area contributed by atoms with Crippen molar-refractivity contribution in [3.8, 4) is 11.5 Å². The van der Waals surface area contributed by atoms with E-state index in [2.05, 4.69) is 10.6 Å². The van der Waals surface area contributed by atoms with Crippen LogP contribution in [0.25, 0.3) is 0 Å². The first-order chi connectivity index (χ1) is 12.6. The van der Waals surface area contributed by atoms with Gasteiger partial charge in [-0.2, -0.15) is 0 Å². The Morgan fingerprint density at radius 3 is 2.58 bits per heavy atom. The molecule has 0 unspecified atom stereocenters. The molecular weight excluding hydrogens is 371 g/mol. The van der Waals surface area contributed by atoms with Gasteiger partial charge in [0.2, 0.25) is 0 Å². The first-order valence-corrected chi connectivity index (χ1v) is 9.57. The van der Waals surface area contributed by atoms with Gasteiger partial charge in [-0.3, -0.25) is 0 Å². The second-order valence-corrected chi connectivity index (χ2v) is 6.73. The highest BCUT2D eigenvalue weighted by molar-refractivity contribution is 6.32. The third-order valence-corrected chi connectivity index (χ3v) is 4.27. The molecule has 0 heterocycles. The number of benzene rings is 2. The van der Waals surface area contributed by atoms with Gasteiger partial charge in [-0.15, -0.1) is 0 Å². The summed E-state index contributed by atoms with van der Waals surface area (Å²) in [5.41, 5.74) is 2.05. The molecule has 0 saturated carbocycles. The molecule has 0 aliphatic rings. The molecule has 26 heavy (non-hydrogen) atoms. The molecule has 2 aromatic rings. The molecule has 142 valence electrons. The molecular formula is C20H26Cl2N2O2. The van der Waals surface area contributed by atoms with Crippen molar-refractivity contribution >= 4 is 23.2 Å². The predicted octanol–water partition coefficient (Wildman–Crippen LogP) is 4.67. The van der Waals surface area contributed by atoms with Crippen molar-refractivity contribution in [1.82, 2.24) is 10.6 Å². The molecule has 0 bridgehead atoms. The van der Waals surface area contributed by atoms with E-state index >= 15 is 0 Å². The highest BCUT2D eigenvalue weighted by atomic mass is 35.5. The minimum absolute atomic E-state index is 0.377. The van der Waals surface area contributed by atoms with E-state index in [4.69, 9.17) is 32.7 Å². The van der Waals surface area contributed by atoms with E-state index in [1.54, 1.807) is 0 Å². The van der Waals surface area contributed by atoms with Gasteiger partial charge in [-0.05, 0) is 68.9 Å². The summed E-state index contributed by atoms with van der Waals surface area (Å²) >= 11 is 12.5. The zero-order valence-corrected chi connectivity index (χ0v) is 16.8. The average Bonchev–Trinajstić information content (AvgIpc) is 2.61. The van der Waals surface area contributed by atoms with Gasteiger partial charge < -0.3 is 20.1 Å². The number of halogens is 2. The summed E-state index contributed by atoms with van der Waals surface area (Å²) in [5, 5.41) is 7.77. The predicted molar refractivity (Wildman–Crippen MR) is 109 cm³/mol. The van der Waals surface area contributed by atoms with Crippen molar-refractivity contribution in [3.63, 3.8) is 0 Å². The van der Waals surface area contributed by atoms with Gasteiger partial charge in [0.15, 0.2) is 11.5 Å². The third kappa shape index (κ3) is 6.69. The quantitative estimate of drug-likeness (QED) is 0.541. The summed E-state index contributed by atoms with van der Waals surface area (Å²) in [6, 6.07) is 11.5. The van der Waals surface area contributed by atoms with Gasteiger partial charge in [-0.1, -0.05) is 35.3 Å². The van der Waals surface area contributed by atoms with Crippen LogP contribution < -0.4 is 20.1 Å². The van der Waals surface area contributed by atoms with Crippen LogP contribution in [0.3, 0.4) is 0 Å². The first kappa shape index (κ1) is 20.8. The maximum absolute atomic E-state index is 6.46. The van der Waals surface area contributed by atoms with Gasteiger partial charge >= 0.3 is 0 Å². The van der Waals surface area contributed by atoms with E-state index in [1.807, 2.05) is 50.4 Å². The van der Waals surface area contributed by atoms with Crippen LogP contribution in [0.15, 0.2) is 36.4 Å². The Kier molecular flexibility index (Phi) is 9.06. The van der Waals surface area contributed by atoms with E-state index in [-0.39, 0.29) is 0 Å². The van der Waals surface area contributed by atoms with Gasteiger partial charge in [-0.25, -0.2) is 0 Å². The third-order valence-electron chi connectivity index (χ3n) is 3.75. The number of ether oxygens (including phenoxy) is 2. The van der Waals surface area contributed by atoms with Crippen LogP contribution in [0.2, 0.25) is 10.0 Å². The maximum atomic E-state index is 6.46. The largest absolute Gasteiger partial charge is 0.490 e. The molecule has 0 amide bonds. The second kappa shape index (κ2) is 11.3. The fraction of sp³-hybridized carbons (Fsp3) is 0.400. The Balaban J connectivity index is 2.05. The second-order valence-electron chi connectivity index (χ2n) is 5.89. The van der Waals surface area contributed by atoms with Gasteiger partial charge in [0, 0.05) is 11.6 Å². The maximum Gasteiger partial charge on any atom is 0.180 e. The molecule has 4 nitrogen and oxygen atoms in total. The molecule has 0 aliphatic heterocycles. The first-order valence-electron chi connectivity index (χ1n) is 8.81. The minimum atomic E-state index is 0.377. The molecule has 0 spiro atoms. The Morgan fingerprint density at radius 1 is 1.00 bits per heavy atom. The molecule has 0 aromatic heterocycles. The van der Waals surface area contributed by atoms with Crippen molar-refractivity contribution in [1.29, 1.82) is 0 Å². The molecule has 0 aliphatic carbocycles. The zero-order chi connectivity index (χ0) is 18.8. The molecule has 0 saturated heterocycles. The van der Waals surface area contributed by atoms with E-state index in [0.29, 0.717) is 34.8 Å². The van der Waals surface area contributed by atoms with Crippen molar-refractivity contribution in [2.45, 2.75) is 26.5 Å². The fourth-order valence-corrected chi connectivity index (χ4v) is 3.03. The number of hydrogen-bond acceptors (Lipinski definition) is 4. The Labute approximate surface area is 165 Å². The Hall–Kier alpha value is -1.46. The van der Waals surface area contributed by atoms with Crippen LogP contribution in [0.1, 0.15) is 24.5 Å². The van der Waals surface area contributed by atoms with Crippen molar-refractivity contribution < 1.29 is 9.47 Å². The number of hydrogen-bond donors (Lipinski definition) is 2. The lowest BCUT2D eigenvalue weighted by atomic mass is 10.2. The fourth-order valence-electron chi connectivity index (χ4n) is 2.53. The zero-order valence-electron chi connectivity index (χ0n) is 15.3. The van der Waals surface area contributed by atoms with Crippen molar-refractivity contribution in [2.75, 3.05) is 26.7 Å². The highest BCUT2D eigenvalue weighted by Gasteiger charge is 2.13. The van der Waals surface area contributed by atoms with E-state index < -0.39 is 0 Å². The lowest BCUT2D eigenvalue weighted by Crippen LogP contribution is -2.19. The van der Waals surface area contributed by atoms with Crippen molar-refractivity contribution in [3.05, 3.63) is 57.6 Å². The van der Waals surface area contributed by atoms with Gasteiger partial charge in [0.1, 0.15) is 6.61 Å². The van der Waals surface area contributed by atoms with E-state index in [0.717, 1.165) is 37.2 Å². The molecule has 2 N–H and O–H groups in total.